The van der Waals surface area contributed by atoms with Gasteiger partial charge in [0.05, 0.1) is 16.1 Å². The van der Waals surface area contributed by atoms with Crippen LogP contribution in [-0.4, -0.2) is 18.2 Å². The largest absolute Gasteiger partial charge is 0.496 e. The number of hydrogen-bond acceptors (Lipinski definition) is 4. The smallest absolute Gasteiger partial charge is 0.371 e. The maximum Gasteiger partial charge on any atom is 0.371 e. The fourth-order valence-corrected chi connectivity index (χ4v) is 2.62. The monoisotopic (exact) mass is 418 g/mol. The first-order valence-electron chi connectivity index (χ1n) is 5.90. The Morgan fingerprint density at radius 2 is 1.86 bits per heavy atom. The maximum atomic E-state index is 10.8. The number of halogens is 2. The van der Waals surface area contributed by atoms with Crippen LogP contribution < -0.4 is 9.47 Å². The number of ether oxygens (including phenoxy) is 2. The molecule has 0 unspecified atom stereocenters. The zero-order chi connectivity index (χ0) is 15.6. The first-order chi connectivity index (χ1) is 9.92. The minimum absolute atomic E-state index is 0.0962. The number of aryl methyl sites for hydroxylation is 1. The molecule has 0 saturated carbocycles. The van der Waals surface area contributed by atoms with Crippen molar-refractivity contribution in [1.82, 2.24) is 0 Å². The molecule has 0 spiro atoms. The van der Waals surface area contributed by atoms with Crippen molar-refractivity contribution in [3.8, 4) is 11.5 Å². The number of aromatic carboxylic acids is 1. The molecule has 5 nitrogen and oxygen atoms in total. The first kappa shape index (κ1) is 15.9. The van der Waals surface area contributed by atoms with Crippen molar-refractivity contribution in [1.29, 1.82) is 0 Å². The number of methoxy groups -OCH3 is 1. The molecule has 2 aromatic rings. The predicted molar refractivity (Wildman–Crippen MR) is 83.1 cm³/mol. The summed E-state index contributed by atoms with van der Waals surface area (Å²) in [5.41, 5.74) is 0.686. The molecule has 7 heteroatoms. The van der Waals surface area contributed by atoms with Gasteiger partial charge in [-0.25, -0.2) is 4.79 Å². The number of benzene rings is 1. The average Bonchev–Trinajstić information content (AvgIpc) is 2.81. The van der Waals surface area contributed by atoms with Gasteiger partial charge in [0.1, 0.15) is 23.9 Å². The van der Waals surface area contributed by atoms with Gasteiger partial charge >= 0.3 is 5.97 Å². The Balaban J connectivity index is 2.17. The van der Waals surface area contributed by atoms with Crippen molar-refractivity contribution >= 4 is 37.8 Å². The molecule has 2 rings (SSSR count). The molecule has 21 heavy (non-hydrogen) atoms. The number of carboxylic acid groups (broad SMARTS) is 1. The summed E-state index contributed by atoms with van der Waals surface area (Å²) in [5, 5.41) is 8.88. The van der Waals surface area contributed by atoms with Gasteiger partial charge in [0.2, 0.25) is 5.76 Å². The molecule has 0 aliphatic carbocycles. The SMILES string of the molecule is COc1cc(Br)c(OCc2cc(C(=O)O)oc2C)cc1Br. The van der Waals surface area contributed by atoms with Gasteiger partial charge in [0.15, 0.2) is 0 Å². The molecule has 0 aliphatic rings. The van der Waals surface area contributed by atoms with E-state index < -0.39 is 5.97 Å². The molecule has 1 aromatic carbocycles. The van der Waals surface area contributed by atoms with Gasteiger partial charge < -0.3 is 19.0 Å². The van der Waals surface area contributed by atoms with Gasteiger partial charge in [0.25, 0.3) is 0 Å². The van der Waals surface area contributed by atoms with Gasteiger partial charge in [-0.2, -0.15) is 0 Å². The highest BCUT2D eigenvalue weighted by atomic mass is 79.9. The molecular formula is C14H12Br2O5. The Morgan fingerprint density at radius 1 is 1.24 bits per heavy atom. The van der Waals surface area contributed by atoms with Crippen LogP contribution in [0.1, 0.15) is 21.9 Å². The summed E-state index contributed by atoms with van der Waals surface area (Å²) >= 11 is 6.78. The quantitative estimate of drug-likeness (QED) is 0.777. The topological polar surface area (TPSA) is 68.9 Å². The number of carboxylic acids is 1. The summed E-state index contributed by atoms with van der Waals surface area (Å²) in [7, 11) is 1.58. The molecule has 0 aliphatic heterocycles. The van der Waals surface area contributed by atoms with Crippen molar-refractivity contribution in [2.24, 2.45) is 0 Å². The second kappa shape index (κ2) is 6.53. The molecule has 0 saturated heterocycles. The summed E-state index contributed by atoms with van der Waals surface area (Å²) in [6.07, 6.45) is 0. The van der Waals surface area contributed by atoms with E-state index in [1.807, 2.05) is 0 Å². The third kappa shape index (κ3) is 3.59. The molecule has 0 atom stereocenters. The van der Waals surface area contributed by atoms with Crippen LogP contribution in [0.3, 0.4) is 0 Å². The minimum atomic E-state index is -1.10. The maximum absolute atomic E-state index is 10.8. The van der Waals surface area contributed by atoms with Crippen molar-refractivity contribution in [3.05, 3.63) is 44.2 Å². The van der Waals surface area contributed by atoms with Gasteiger partial charge in [-0.05, 0) is 57.0 Å². The molecule has 0 radical (unpaired) electrons. The van der Waals surface area contributed by atoms with Gasteiger partial charge in [-0.3, -0.25) is 0 Å². The fraction of sp³-hybridized carbons (Fsp3) is 0.214. The van der Waals surface area contributed by atoms with Crippen molar-refractivity contribution in [2.45, 2.75) is 13.5 Å². The number of carbonyl (C=O) groups is 1. The molecule has 1 heterocycles. The molecular weight excluding hydrogens is 408 g/mol. The highest BCUT2D eigenvalue weighted by Crippen LogP contribution is 2.36. The highest BCUT2D eigenvalue weighted by Gasteiger charge is 2.14. The van der Waals surface area contributed by atoms with E-state index in [0.29, 0.717) is 22.8 Å². The van der Waals surface area contributed by atoms with Crippen LogP contribution in [0, 0.1) is 6.92 Å². The van der Waals surface area contributed by atoms with Crippen LogP contribution in [0.15, 0.2) is 31.6 Å². The number of furan rings is 1. The van der Waals surface area contributed by atoms with E-state index >= 15 is 0 Å². The molecule has 1 aromatic heterocycles. The predicted octanol–water partition coefficient (Wildman–Crippen LogP) is 4.40. The number of hydrogen-bond donors (Lipinski definition) is 1. The van der Waals surface area contributed by atoms with Crippen molar-refractivity contribution < 1.29 is 23.8 Å². The standard InChI is InChI=1S/C14H12Br2O5/c1-7-8(3-13(21-7)14(17)18)6-20-12-5-9(15)11(19-2)4-10(12)16/h3-5H,6H2,1-2H3,(H,17,18). The highest BCUT2D eigenvalue weighted by molar-refractivity contribution is 9.11. The van der Waals surface area contributed by atoms with Crippen LogP contribution in [0.2, 0.25) is 0 Å². The third-order valence-corrected chi connectivity index (χ3v) is 4.06. The van der Waals surface area contributed by atoms with E-state index in [1.165, 1.54) is 6.07 Å². The Kier molecular flexibility index (Phi) is 4.95. The summed E-state index contributed by atoms with van der Waals surface area (Å²) in [5.74, 6) is 0.622. The zero-order valence-electron chi connectivity index (χ0n) is 11.3. The van der Waals surface area contributed by atoms with E-state index in [9.17, 15) is 4.79 Å². The van der Waals surface area contributed by atoms with Gasteiger partial charge in [0, 0.05) is 5.56 Å². The Bertz CT molecular complexity index is 678. The third-order valence-electron chi connectivity index (χ3n) is 2.82. The average molecular weight is 420 g/mol. The van der Waals surface area contributed by atoms with E-state index in [1.54, 1.807) is 26.2 Å². The van der Waals surface area contributed by atoms with E-state index in [4.69, 9.17) is 19.0 Å². The second-order valence-electron chi connectivity index (χ2n) is 4.20. The summed E-state index contributed by atoms with van der Waals surface area (Å²) in [4.78, 5) is 10.8. The van der Waals surface area contributed by atoms with Gasteiger partial charge in [-0.1, -0.05) is 0 Å². The normalized spacial score (nSPS) is 10.5. The van der Waals surface area contributed by atoms with E-state index in [-0.39, 0.29) is 12.4 Å². The lowest BCUT2D eigenvalue weighted by Gasteiger charge is -2.10. The number of rotatable bonds is 5. The first-order valence-corrected chi connectivity index (χ1v) is 7.49. The molecule has 112 valence electrons. The molecule has 0 fully saturated rings. The Morgan fingerprint density at radius 3 is 2.43 bits per heavy atom. The zero-order valence-corrected chi connectivity index (χ0v) is 14.4. The van der Waals surface area contributed by atoms with E-state index in [2.05, 4.69) is 31.9 Å². The van der Waals surface area contributed by atoms with Gasteiger partial charge in [-0.15, -0.1) is 0 Å². The summed E-state index contributed by atoms with van der Waals surface area (Å²) in [6.45, 7) is 1.91. The van der Waals surface area contributed by atoms with Crippen LogP contribution in [0.25, 0.3) is 0 Å². The summed E-state index contributed by atoms with van der Waals surface area (Å²) in [6, 6.07) is 5.02. The molecule has 1 N–H and O–H groups in total. The molecule has 0 amide bonds. The van der Waals surface area contributed by atoms with Crippen molar-refractivity contribution in [3.63, 3.8) is 0 Å². The van der Waals surface area contributed by atoms with E-state index in [0.717, 1.165) is 8.95 Å². The fourth-order valence-electron chi connectivity index (χ4n) is 1.70. The lowest BCUT2D eigenvalue weighted by molar-refractivity contribution is 0.0661. The lowest BCUT2D eigenvalue weighted by atomic mass is 10.2. The van der Waals surface area contributed by atoms with Crippen molar-refractivity contribution in [2.75, 3.05) is 7.11 Å². The van der Waals surface area contributed by atoms with Crippen LogP contribution in [-0.2, 0) is 6.61 Å². The van der Waals surface area contributed by atoms with Crippen LogP contribution >= 0.6 is 31.9 Å². The minimum Gasteiger partial charge on any atom is -0.496 e. The summed E-state index contributed by atoms with van der Waals surface area (Å²) < 4.78 is 17.5. The lowest BCUT2D eigenvalue weighted by Crippen LogP contribution is -1.97. The Labute approximate surface area is 138 Å². The van der Waals surface area contributed by atoms with Crippen LogP contribution in [0.5, 0.6) is 11.5 Å². The van der Waals surface area contributed by atoms with Crippen LogP contribution in [0.4, 0.5) is 0 Å². The Hall–Kier alpha value is -1.47. The second-order valence-corrected chi connectivity index (χ2v) is 5.91. The molecule has 0 bridgehead atoms.